The van der Waals surface area contributed by atoms with Crippen molar-refractivity contribution in [3.63, 3.8) is 0 Å². The van der Waals surface area contributed by atoms with Gasteiger partial charge in [0.15, 0.2) is 0 Å². The molecule has 0 unspecified atom stereocenters. The molecule has 2 aliphatic rings. The van der Waals surface area contributed by atoms with Gasteiger partial charge in [0, 0.05) is 44.9 Å². The summed E-state index contributed by atoms with van der Waals surface area (Å²) in [6.45, 7) is 4.09. The van der Waals surface area contributed by atoms with Gasteiger partial charge in [0.1, 0.15) is 0 Å². The Bertz CT molecular complexity index is 539. The number of carbonyl (C=O) groups is 1. The summed E-state index contributed by atoms with van der Waals surface area (Å²) >= 11 is 0. The number of nitrogens with one attached hydrogen (secondary N) is 1. The number of amides is 2. The number of likely N-dealkylation sites (tertiary alicyclic amines) is 1. The molecule has 1 N–H and O–H groups in total. The normalized spacial score (nSPS) is 27.9. The van der Waals surface area contributed by atoms with Crippen LogP contribution in [0.5, 0.6) is 0 Å². The van der Waals surface area contributed by atoms with Gasteiger partial charge in [-0.25, -0.2) is 18.6 Å². The van der Waals surface area contributed by atoms with Crippen LogP contribution in [0.3, 0.4) is 0 Å². The Labute approximate surface area is 141 Å². The highest BCUT2D eigenvalue weighted by atomic mass is 19.3. The number of rotatable bonds is 3. The topological polar surface area (TPSA) is 50.2 Å². The van der Waals surface area contributed by atoms with Crippen LogP contribution in [0.25, 0.3) is 0 Å². The molecule has 1 aliphatic heterocycles. The van der Waals surface area contributed by atoms with Crippen LogP contribution >= 0.6 is 0 Å². The number of halogens is 2. The Balaban J connectivity index is 1.48. The molecule has 1 aliphatic carbocycles. The number of carbonyl (C=O) groups excluding carboxylic acids is 1. The maximum Gasteiger partial charge on any atom is 0.317 e. The average Bonchev–Trinajstić information content (AvgIpc) is 3.08. The zero-order valence-corrected chi connectivity index (χ0v) is 14.1. The number of imidazole rings is 1. The van der Waals surface area contributed by atoms with E-state index in [0.717, 1.165) is 13.0 Å². The lowest BCUT2D eigenvalue weighted by atomic mass is 9.87. The summed E-state index contributed by atoms with van der Waals surface area (Å²) in [4.78, 5) is 18.4. The fraction of sp³-hybridized carbons (Fsp3) is 0.765. The zero-order chi connectivity index (χ0) is 17.2. The van der Waals surface area contributed by atoms with Gasteiger partial charge in [0.05, 0.1) is 12.4 Å². The van der Waals surface area contributed by atoms with Crippen molar-refractivity contribution in [2.45, 2.75) is 51.0 Å². The first kappa shape index (κ1) is 17.2. The van der Waals surface area contributed by atoms with Crippen LogP contribution in [-0.4, -0.2) is 46.0 Å². The molecule has 5 nitrogen and oxygen atoms in total. The third-order valence-electron chi connectivity index (χ3n) is 5.49. The van der Waals surface area contributed by atoms with Crippen molar-refractivity contribution in [1.29, 1.82) is 0 Å². The van der Waals surface area contributed by atoms with Crippen LogP contribution < -0.4 is 5.32 Å². The number of hydrogen-bond donors (Lipinski definition) is 1. The van der Waals surface area contributed by atoms with E-state index in [9.17, 15) is 13.6 Å². The molecule has 2 atom stereocenters. The van der Waals surface area contributed by atoms with E-state index < -0.39 is 5.92 Å². The molecule has 0 spiro atoms. The van der Waals surface area contributed by atoms with Crippen LogP contribution in [0.2, 0.25) is 0 Å². The fourth-order valence-corrected chi connectivity index (χ4v) is 3.73. The Morgan fingerprint density at radius 2 is 2.08 bits per heavy atom. The van der Waals surface area contributed by atoms with Crippen LogP contribution in [0.4, 0.5) is 13.6 Å². The van der Waals surface area contributed by atoms with Gasteiger partial charge in [-0.05, 0) is 31.1 Å². The first-order valence-electron chi connectivity index (χ1n) is 8.83. The molecule has 2 fully saturated rings. The predicted molar refractivity (Wildman–Crippen MR) is 86.9 cm³/mol. The summed E-state index contributed by atoms with van der Waals surface area (Å²) in [6.07, 6.45) is 7.30. The Kier molecular flexibility index (Phi) is 5.06. The molecule has 7 heteroatoms. The molecule has 1 saturated heterocycles. The van der Waals surface area contributed by atoms with Gasteiger partial charge >= 0.3 is 6.03 Å². The minimum atomic E-state index is -2.51. The van der Waals surface area contributed by atoms with Gasteiger partial charge in [-0.2, -0.15) is 0 Å². The largest absolute Gasteiger partial charge is 0.338 e. The summed E-state index contributed by atoms with van der Waals surface area (Å²) in [5, 5.41) is 2.95. The van der Waals surface area contributed by atoms with E-state index in [0.29, 0.717) is 31.8 Å². The number of piperidine rings is 1. The molecule has 1 aromatic rings. The van der Waals surface area contributed by atoms with Crippen LogP contribution in [0, 0.1) is 11.8 Å². The van der Waals surface area contributed by atoms with E-state index in [2.05, 4.69) is 21.8 Å². The lowest BCUT2D eigenvalue weighted by Gasteiger charge is -2.38. The van der Waals surface area contributed by atoms with E-state index in [1.807, 2.05) is 11.1 Å². The number of hydrogen-bond acceptors (Lipinski definition) is 2. The second kappa shape index (κ2) is 7.07. The smallest absolute Gasteiger partial charge is 0.317 e. The third-order valence-corrected chi connectivity index (χ3v) is 5.49. The second-order valence-corrected chi connectivity index (χ2v) is 7.27. The van der Waals surface area contributed by atoms with Crippen LogP contribution in [-0.2, 0) is 0 Å². The number of alkyl halides is 2. The van der Waals surface area contributed by atoms with Gasteiger partial charge in [0.2, 0.25) is 5.92 Å². The summed E-state index contributed by atoms with van der Waals surface area (Å²) < 4.78 is 28.4. The van der Waals surface area contributed by atoms with E-state index in [1.54, 1.807) is 12.5 Å². The van der Waals surface area contributed by atoms with E-state index in [4.69, 9.17) is 0 Å². The highest BCUT2D eigenvalue weighted by Crippen LogP contribution is 2.35. The molecule has 0 aromatic carbocycles. The first-order valence-corrected chi connectivity index (χ1v) is 8.83. The van der Waals surface area contributed by atoms with Crippen molar-refractivity contribution < 1.29 is 13.6 Å². The summed E-state index contributed by atoms with van der Waals surface area (Å²) in [5.74, 6) is -1.85. The maximum atomic E-state index is 13.2. The molecule has 134 valence electrons. The minimum Gasteiger partial charge on any atom is -0.338 e. The Morgan fingerprint density at radius 1 is 1.33 bits per heavy atom. The predicted octanol–water partition coefficient (Wildman–Crippen LogP) is 3.30. The molecule has 3 rings (SSSR count). The summed E-state index contributed by atoms with van der Waals surface area (Å²) in [7, 11) is 0. The van der Waals surface area contributed by atoms with Crippen molar-refractivity contribution >= 4 is 6.03 Å². The lowest BCUT2D eigenvalue weighted by molar-refractivity contribution is -0.0452. The van der Waals surface area contributed by atoms with Gasteiger partial charge in [0.25, 0.3) is 0 Å². The quantitative estimate of drug-likeness (QED) is 0.918. The SMILES string of the molecule is C[C@@H]1CCN(C(=O)NCC2CCC(F)(F)CC2)C[C@H]1n1ccnc1. The van der Waals surface area contributed by atoms with Crippen molar-refractivity contribution in [3.05, 3.63) is 18.7 Å². The molecular formula is C17H26F2N4O. The maximum absolute atomic E-state index is 13.2. The fourth-order valence-electron chi connectivity index (χ4n) is 3.73. The molecule has 1 saturated carbocycles. The number of aromatic nitrogens is 2. The third kappa shape index (κ3) is 4.05. The lowest BCUT2D eigenvalue weighted by Crippen LogP contribution is -2.49. The van der Waals surface area contributed by atoms with Crippen molar-refractivity contribution in [1.82, 2.24) is 19.8 Å². The number of nitrogens with zero attached hydrogens (tertiary/aromatic N) is 3. The van der Waals surface area contributed by atoms with Gasteiger partial charge in [-0.15, -0.1) is 0 Å². The monoisotopic (exact) mass is 340 g/mol. The molecule has 2 heterocycles. The highest BCUT2D eigenvalue weighted by Gasteiger charge is 2.35. The zero-order valence-electron chi connectivity index (χ0n) is 14.1. The summed E-state index contributed by atoms with van der Waals surface area (Å²) in [6, 6.07) is 0.157. The van der Waals surface area contributed by atoms with E-state index in [-0.39, 0.29) is 30.8 Å². The van der Waals surface area contributed by atoms with Crippen LogP contribution in [0.15, 0.2) is 18.7 Å². The molecule has 2 amide bonds. The standard InChI is InChI=1S/C17H26F2N4O/c1-13-4-8-22(11-15(13)23-9-7-20-12-23)16(24)21-10-14-2-5-17(18,19)6-3-14/h7,9,12-15H,2-6,8,10-11H2,1H3,(H,21,24)/t13-,15-/m1/s1. The van der Waals surface area contributed by atoms with Gasteiger partial charge in [-0.1, -0.05) is 6.92 Å². The number of urea groups is 1. The Hall–Kier alpha value is -1.66. The van der Waals surface area contributed by atoms with Gasteiger partial charge < -0.3 is 14.8 Å². The Morgan fingerprint density at radius 3 is 2.75 bits per heavy atom. The highest BCUT2D eigenvalue weighted by molar-refractivity contribution is 5.74. The molecule has 0 bridgehead atoms. The van der Waals surface area contributed by atoms with Crippen LogP contribution in [0.1, 0.15) is 45.1 Å². The van der Waals surface area contributed by atoms with E-state index in [1.165, 1.54) is 0 Å². The van der Waals surface area contributed by atoms with Crippen molar-refractivity contribution in [2.24, 2.45) is 11.8 Å². The van der Waals surface area contributed by atoms with Crippen molar-refractivity contribution in [2.75, 3.05) is 19.6 Å². The van der Waals surface area contributed by atoms with E-state index >= 15 is 0 Å². The molecular weight excluding hydrogens is 314 g/mol. The molecule has 24 heavy (non-hydrogen) atoms. The van der Waals surface area contributed by atoms with Crippen molar-refractivity contribution in [3.8, 4) is 0 Å². The summed E-state index contributed by atoms with van der Waals surface area (Å²) in [5.41, 5.74) is 0. The minimum absolute atomic E-state index is 0.0581. The second-order valence-electron chi connectivity index (χ2n) is 7.27. The van der Waals surface area contributed by atoms with Gasteiger partial charge in [-0.3, -0.25) is 0 Å². The average molecular weight is 340 g/mol. The molecule has 1 aromatic heterocycles. The first-order chi connectivity index (χ1) is 11.4. The molecule has 0 radical (unpaired) electrons.